The number of ketones is 1. The zero-order valence-electron chi connectivity index (χ0n) is 13.6. The van der Waals surface area contributed by atoms with Gasteiger partial charge in [-0.25, -0.2) is 4.39 Å². The maximum atomic E-state index is 13.3. The molecule has 0 atom stereocenters. The number of ether oxygens (including phenoxy) is 1. The van der Waals surface area contributed by atoms with Gasteiger partial charge in [-0.15, -0.1) is 0 Å². The van der Waals surface area contributed by atoms with Crippen LogP contribution in [-0.4, -0.2) is 17.3 Å². The number of halogens is 1. The van der Waals surface area contributed by atoms with Crippen molar-refractivity contribution in [3.63, 3.8) is 0 Å². The van der Waals surface area contributed by atoms with Crippen LogP contribution < -0.4 is 15.4 Å². The van der Waals surface area contributed by atoms with Gasteiger partial charge in [0.15, 0.2) is 11.4 Å². The third-order valence-electron chi connectivity index (χ3n) is 3.87. The summed E-state index contributed by atoms with van der Waals surface area (Å²) in [6.45, 7) is 4.65. The normalized spacial score (nSPS) is 15.7. The molecule has 0 aliphatic carbocycles. The van der Waals surface area contributed by atoms with Crippen LogP contribution in [0.1, 0.15) is 31.1 Å². The fourth-order valence-electron chi connectivity index (χ4n) is 2.73. The van der Waals surface area contributed by atoms with Gasteiger partial charge in [-0.2, -0.15) is 0 Å². The fourth-order valence-corrected chi connectivity index (χ4v) is 2.73. The van der Waals surface area contributed by atoms with Gasteiger partial charge in [-0.3, -0.25) is 14.5 Å². The van der Waals surface area contributed by atoms with Gasteiger partial charge in [0, 0.05) is 23.0 Å². The number of hydrogen-bond acceptors (Lipinski definition) is 4. The van der Waals surface area contributed by atoms with Crippen molar-refractivity contribution in [1.29, 1.82) is 0 Å². The number of Topliss-reactive ketones (excluding diaryl/α,β-unsaturated/α-hetero) is 1. The van der Waals surface area contributed by atoms with E-state index < -0.39 is 11.4 Å². The Bertz CT molecular complexity index is 844. The van der Waals surface area contributed by atoms with Gasteiger partial charge in [0.05, 0.1) is 0 Å². The summed E-state index contributed by atoms with van der Waals surface area (Å²) in [4.78, 5) is 26.4. The Balaban J connectivity index is 2.31. The van der Waals surface area contributed by atoms with Crippen LogP contribution in [0.2, 0.25) is 0 Å². The minimum absolute atomic E-state index is 0.248. The molecule has 24 heavy (non-hydrogen) atoms. The molecule has 0 spiro atoms. The molecule has 0 radical (unpaired) electrons. The Hall–Kier alpha value is -2.89. The number of amides is 1. The second-order valence-electron chi connectivity index (χ2n) is 6.20. The molecule has 0 saturated heterocycles. The zero-order chi connectivity index (χ0) is 17.6. The number of hydrogen-bond donors (Lipinski definition) is 1. The lowest BCUT2D eigenvalue weighted by Crippen LogP contribution is -2.51. The van der Waals surface area contributed by atoms with E-state index >= 15 is 0 Å². The lowest BCUT2D eigenvalue weighted by molar-refractivity contribution is -0.131. The minimum Gasteiger partial charge on any atom is -0.476 e. The minimum atomic E-state index is -1.15. The van der Waals surface area contributed by atoms with E-state index in [0.29, 0.717) is 22.8 Å². The SMILES string of the molecule is CC(=O)c1cc(N)cc2c1N(c1ccc(F)cc1)C(=O)C(C)(C)O2. The van der Waals surface area contributed by atoms with Crippen molar-refractivity contribution in [3.05, 3.63) is 47.8 Å². The van der Waals surface area contributed by atoms with Crippen LogP contribution in [0.4, 0.5) is 21.5 Å². The summed E-state index contributed by atoms with van der Waals surface area (Å²) in [6.07, 6.45) is 0. The lowest BCUT2D eigenvalue weighted by Gasteiger charge is -2.39. The molecule has 1 aliphatic rings. The molecule has 0 fully saturated rings. The van der Waals surface area contributed by atoms with Gasteiger partial charge in [0.2, 0.25) is 0 Å². The topological polar surface area (TPSA) is 72.6 Å². The third kappa shape index (κ3) is 2.50. The van der Waals surface area contributed by atoms with E-state index in [1.807, 2.05) is 0 Å². The first-order chi connectivity index (χ1) is 11.2. The first-order valence-electron chi connectivity index (χ1n) is 7.44. The molecule has 3 rings (SSSR count). The van der Waals surface area contributed by atoms with E-state index in [1.165, 1.54) is 42.2 Å². The predicted octanol–water partition coefficient (Wildman–Crippen LogP) is 3.45. The van der Waals surface area contributed by atoms with Crippen LogP contribution in [0.5, 0.6) is 5.75 Å². The molecule has 1 heterocycles. The van der Waals surface area contributed by atoms with Gasteiger partial charge in [-0.1, -0.05) is 0 Å². The molecule has 0 saturated carbocycles. The highest BCUT2D eigenvalue weighted by Gasteiger charge is 2.43. The van der Waals surface area contributed by atoms with Crippen LogP contribution in [0, 0.1) is 5.82 Å². The molecular formula is C18H17FN2O3. The maximum Gasteiger partial charge on any atom is 0.275 e. The average molecular weight is 328 g/mol. The van der Waals surface area contributed by atoms with E-state index in [0.717, 1.165) is 0 Å². The number of fused-ring (bicyclic) bond motifs is 1. The summed E-state index contributed by atoms with van der Waals surface area (Å²) in [7, 11) is 0. The molecule has 1 aliphatic heterocycles. The van der Waals surface area contributed by atoms with Gasteiger partial charge in [-0.05, 0) is 51.1 Å². The summed E-state index contributed by atoms with van der Waals surface area (Å²) in [6, 6.07) is 8.57. The standard InChI is InChI=1S/C18H17FN2O3/c1-10(22)14-8-12(20)9-15-16(14)21(17(23)18(2,3)24-15)13-6-4-11(19)5-7-13/h4-9H,20H2,1-3H3. The predicted molar refractivity (Wildman–Crippen MR) is 89.1 cm³/mol. The van der Waals surface area contributed by atoms with Crippen molar-refractivity contribution >= 4 is 28.8 Å². The molecule has 124 valence electrons. The Morgan fingerprint density at radius 2 is 1.83 bits per heavy atom. The molecule has 6 heteroatoms. The maximum absolute atomic E-state index is 13.3. The second kappa shape index (κ2) is 5.33. The summed E-state index contributed by atoms with van der Waals surface area (Å²) in [5.74, 6) is -0.673. The smallest absolute Gasteiger partial charge is 0.275 e. The van der Waals surface area contributed by atoms with Crippen molar-refractivity contribution in [2.75, 3.05) is 10.6 Å². The van der Waals surface area contributed by atoms with Crippen molar-refractivity contribution in [2.45, 2.75) is 26.4 Å². The van der Waals surface area contributed by atoms with Crippen LogP contribution in [0.25, 0.3) is 0 Å². The van der Waals surface area contributed by atoms with Crippen molar-refractivity contribution < 1.29 is 18.7 Å². The number of carbonyl (C=O) groups excluding carboxylic acids is 2. The van der Waals surface area contributed by atoms with Crippen LogP contribution in [0.3, 0.4) is 0 Å². The molecule has 2 aromatic carbocycles. The first kappa shape index (κ1) is 16.0. The first-order valence-corrected chi connectivity index (χ1v) is 7.44. The lowest BCUT2D eigenvalue weighted by atomic mass is 9.98. The highest BCUT2D eigenvalue weighted by Crippen LogP contribution is 2.45. The number of rotatable bonds is 2. The van der Waals surface area contributed by atoms with E-state index in [1.54, 1.807) is 19.9 Å². The summed E-state index contributed by atoms with van der Waals surface area (Å²) in [5, 5.41) is 0. The van der Waals surface area contributed by atoms with Gasteiger partial charge >= 0.3 is 0 Å². The zero-order valence-corrected chi connectivity index (χ0v) is 13.6. The van der Waals surface area contributed by atoms with Crippen LogP contribution >= 0.6 is 0 Å². The number of nitrogens with two attached hydrogens (primary N) is 1. The quantitative estimate of drug-likeness (QED) is 0.677. The summed E-state index contributed by atoms with van der Waals surface area (Å²) >= 11 is 0. The molecule has 0 unspecified atom stereocenters. The average Bonchev–Trinajstić information content (AvgIpc) is 2.49. The van der Waals surface area contributed by atoms with E-state index in [2.05, 4.69) is 0 Å². The molecule has 2 N–H and O–H groups in total. The second-order valence-corrected chi connectivity index (χ2v) is 6.20. The monoisotopic (exact) mass is 328 g/mol. The Morgan fingerprint density at radius 3 is 2.42 bits per heavy atom. The van der Waals surface area contributed by atoms with E-state index in [9.17, 15) is 14.0 Å². The number of nitrogens with zero attached hydrogens (tertiary/aromatic N) is 1. The van der Waals surface area contributed by atoms with Crippen molar-refractivity contribution in [1.82, 2.24) is 0 Å². The Morgan fingerprint density at radius 1 is 1.21 bits per heavy atom. The highest BCUT2D eigenvalue weighted by molar-refractivity contribution is 6.14. The molecular weight excluding hydrogens is 311 g/mol. The summed E-state index contributed by atoms with van der Waals surface area (Å²) < 4.78 is 19.0. The molecule has 0 bridgehead atoms. The summed E-state index contributed by atoms with van der Waals surface area (Å²) in [5.41, 5.74) is 6.13. The Kier molecular flexibility index (Phi) is 3.55. The highest BCUT2D eigenvalue weighted by atomic mass is 19.1. The molecule has 5 nitrogen and oxygen atoms in total. The molecule has 1 amide bonds. The van der Waals surface area contributed by atoms with Gasteiger partial charge < -0.3 is 10.5 Å². The third-order valence-corrected chi connectivity index (χ3v) is 3.87. The van der Waals surface area contributed by atoms with E-state index in [4.69, 9.17) is 10.5 Å². The number of nitrogen functional groups attached to an aromatic ring is 1. The number of carbonyl (C=O) groups is 2. The van der Waals surface area contributed by atoms with Gasteiger partial charge in [0.25, 0.3) is 5.91 Å². The fraction of sp³-hybridized carbons (Fsp3) is 0.222. The van der Waals surface area contributed by atoms with Crippen molar-refractivity contribution in [2.24, 2.45) is 0 Å². The van der Waals surface area contributed by atoms with Gasteiger partial charge in [0.1, 0.15) is 17.3 Å². The number of anilines is 3. The van der Waals surface area contributed by atoms with Crippen molar-refractivity contribution in [3.8, 4) is 5.75 Å². The number of benzene rings is 2. The molecule has 0 aromatic heterocycles. The largest absolute Gasteiger partial charge is 0.476 e. The van der Waals surface area contributed by atoms with E-state index in [-0.39, 0.29) is 17.3 Å². The van der Waals surface area contributed by atoms with Crippen LogP contribution in [0.15, 0.2) is 36.4 Å². The molecule has 2 aromatic rings. The van der Waals surface area contributed by atoms with Crippen LogP contribution in [-0.2, 0) is 4.79 Å². The Labute approximate surface area is 138 Å².